The molecule has 2 aromatic rings. The summed E-state index contributed by atoms with van der Waals surface area (Å²) >= 11 is 0. The van der Waals surface area contributed by atoms with Gasteiger partial charge in [0.15, 0.2) is 5.69 Å². The van der Waals surface area contributed by atoms with E-state index in [1.807, 2.05) is 18.2 Å². The number of esters is 1. The zero-order chi connectivity index (χ0) is 11.7. The topological polar surface area (TPSA) is 55.0 Å². The molecule has 16 heavy (non-hydrogen) atoms. The Labute approximate surface area is 93.6 Å². The van der Waals surface area contributed by atoms with E-state index in [1.54, 1.807) is 0 Å². The zero-order valence-corrected chi connectivity index (χ0v) is 9.57. The minimum atomic E-state index is -0.410. The third-order valence-electron chi connectivity index (χ3n) is 2.63. The van der Waals surface area contributed by atoms with Crippen molar-refractivity contribution in [2.24, 2.45) is 0 Å². The quantitative estimate of drug-likeness (QED) is 0.788. The van der Waals surface area contributed by atoms with Gasteiger partial charge >= 0.3 is 5.97 Å². The third kappa shape index (κ3) is 1.66. The number of carbonyl (C=O) groups is 1. The van der Waals surface area contributed by atoms with Gasteiger partial charge in [-0.15, -0.1) is 0 Å². The Morgan fingerprint density at radius 2 is 2.19 bits per heavy atom. The van der Waals surface area contributed by atoms with Crippen molar-refractivity contribution in [3.8, 4) is 0 Å². The van der Waals surface area contributed by atoms with E-state index in [0.717, 1.165) is 10.9 Å². The number of aromatic nitrogens is 2. The van der Waals surface area contributed by atoms with Crippen molar-refractivity contribution in [3.05, 3.63) is 29.5 Å². The molecule has 1 aromatic heterocycles. The van der Waals surface area contributed by atoms with Gasteiger partial charge in [0.25, 0.3) is 0 Å². The molecule has 2 rings (SSSR count). The Hall–Kier alpha value is -1.84. The van der Waals surface area contributed by atoms with Crippen molar-refractivity contribution in [2.75, 3.05) is 7.11 Å². The van der Waals surface area contributed by atoms with Gasteiger partial charge in [0.1, 0.15) is 0 Å². The van der Waals surface area contributed by atoms with Gasteiger partial charge in [-0.05, 0) is 23.6 Å². The van der Waals surface area contributed by atoms with E-state index in [2.05, 4.69) is 28.8 Å². The van der Waals surface area contributed by atoms with Crippen LogP contribution in [0.1, 0.15) is 35.8 Å². The summed E-state index contributed by atoms with van der Waals surface area (Å²) in [5, 5.41) is 7.60. The number of methoxy groups -OCH3 is 1. The Balaban J connectivity index is 2.60. The van der Waals surface area contributed by atoms with Crippen LogP contribution in [0.25, 0.3) is 10.9 Å². The normalized spacial score (nSPS) is 11.0. The number of fused-ring (bicyclic) bond motifs is 1. The molecule has 1 heterocycles. The summed E-state index contributed by atoms with van der Waals surface area (Å²) in [5.41, 5.74) is 2.38. The van der Waals surface area contributed by atoms with Crippen molar-refractivity contribution in [2.45, 2.75) is 19.8 Å². The summed E-state index contributed by atoms with van der Waals surface area (Å²) in [7, 11) is 1.36. The Morgan fingerprint density at radius 1 is 1.44 bits per heavy atom. The maximum Gasteiger partial charge on any atom is 0.359 e. The van der Waals surface area contributed by atoms with E-state index in [-0.39, 0.29) is 0 Å². The molecule has 1 aromatic carbocycles. The van der Waals surface area contributed by atoms with Crippen LogP contribution in [-0.4, -0.2) is 23.3 Å². The van der Waals surface area contributed by atoms with Crippen LogP contribution in [0, 0.1) is 0 Å². The first-order chi connectivity index (χ1) is 7.63. The Kier molecular flexibility index (Phi) is 2.64. The average molecular weight is 218 g/mol. The maximum absolute atomic E-state index is 11.5. The molecule has 0 saturated carbocycles. The SMILES string of the molecule is COC(=O)c1n[nH]c2ccc(C(C)C)cc12. The first-order valence-electron chi connectivity index (χ1n) is 5.20. The van der Waals surface area contributed by atoms with Gasteiger partial charge in [0.05, 0.1) is 12.6 Å². The van der Waals surface area contributed by atoms with Crippen LogP contribution in [-0.2, 0) is 4.74 Å². The zero-order valence-electron chi connectivity index (χ0n) is 9.57. The van der Waals surface area contributed by atoms with E-state index in [4.69, 9.17) is 0 Å². The molecular formula is C12H14N2O2. The second-order valence-electron chi connectivity index (χ2n) is 4.02. The fraction of sp³-hybridized carbons (Fsp3) is 0.333. The highest BCUT2D eigenvalue weighted by Crippen LogP contribution is 2.22. The lowest BCUT2D eigenvalue weighted by atomic mass is 10.0. The maximum atomic E-state index is 11.5. The summed E-state index contributed by atoms with van der Waals surface area (Å²) in [5.74, 6) is 0.0111. The molecule has 0 radical (unpaired) electrons. The van der Waals surface area contributed by atoms with Gasteiger partial charge in [-0.25, -0.2) is 4.79 Å². The number of ether oxygens (including phenoxy) is 1. The van der Waals surface area contributed by atoms with E-state index in [1.165, 1.54) is 12.7 Å². The largest absolute Gasteiger partial charge is 0.464 e. The van der Waals surface area contributed by atoms with Crippen molar-refractivity contribution in [1.82, 2.24) is 10.2 Å². The number of rotatable bonds is 2. The van der Waals surface area contributed by atoms with Crippen LogP contribution in [0.2, 0.25) is 0 Å². The lowest BCUT2D eigenvalue weighted by Gasteiger charge is -2.04. The molecule has 4 heteroatoms. The average Bonchev–Trinajstić information content (AvgIpc) is 2.70. The molecule has 0 bridgehead atoms. The fourth-order valence-corrected chi connectivity index (χ4v) is 1.64. The van der Waals surface area contributed by atoms with Gasteiger partial charge < -0.3 is 4.74 Å². The van der Waals surface area contributed by atoms with Gasteiger partial charge in [-0.1, -0.05) is 19.9 Å². The molecule has 0 unspecified atom stereocenters. The number of H-pyrrole nitrogens is 1. The number of carbonyl (C=O) groups excluding carboxylic acids is 1. The Morgan fingerprint density at radius 3 is 2.81 bits per heavy atom. The summed E-state index contributed by atoms with van der Waals surface area (Å²) in [6, 6.07) is 5.95. The van der Waals surface area contributed by atoms with Crippen molar-refractivity contribution in [3.63, 3.8) is 0 Å². The second kappa shape index (κ2) is 3.96. The van der Waals surface area contributed by atoms with E-state index < -0.39 is 5.97 Å². The van der Waals surface area contributed by atoms with Gasteiger partial charge in [0, 0.05) is 5.39 Å². The minimum absolute atomic E-state index is 0.347. The van der Waals surface area contributed by atoms with Crippen LogP contribution in [0.3, 0.4) is 0 Å². The Bertz CT molecular complexity index is 529. The highest BCUT2D eigenvalue weighted by Gasteiger charge is 2.15. The smallest absolute Gasteiger partial charge is 0.359 e. The number of benzene rings is 1. The van der Waals surface area contributed by atoms with E-state index >= 15 is 0 Å². The first kappa shape index (κ1) is 10.7. The highest BCUT2D eigenvalue weighted by atomic mass is 16.5. The molecule has 0 spiro atoms. The summed E-state index contributed by atoms with van der Waals surface area (Å²) in [4.78, 5) is 11.5. The lowest BCUT2D eigenvalue weighted by Crippen LogP contribution is -2.02. The summed E-state index contributed by atoms with van der Waals surface area (Å²) < 4.78 is 4.68. The van der Waals surface area contributed by atoms with Crippen LogP contribution >= 0.6 is 0 Å². The summed E-state index contributed by atoms with van der Waals surface area (Å²) in [6.07, 6.45) is 0. The molecule has 0 atom stereocenters. The number of aromatic amines is 1. The van der Waals surface area contributed by atoms with Crippen molar-refractivity contribution >= 4 is 16.9 Å². The second-order valence-corrected chi connectivity index (χ2v) is 4.02. The standard InChI is InChI=1S/C12H14N2O2/c1-7(2)8-4-5-10-9(6-8)11(14-13-10)12(15)16-3/h4-7H,1-3H3,(H,13,14). The number of nitrogens with one attached hydrogen (secondary N) is 1. The molecular weight excluding hydrogens is 204 g/mol. The van der Waals surface area contributed by atoms with Gasteiger partial charge in [-0.2, -0.15) is 5.10 Å². The predicted octanol–water partition coefficient (Wildman–Crippen LogP) is 2.47. The first-order valence-corrected chi connectivity index (χ1v) is 5.20. The predicted molar refractivity (Wildman–Crippen MR) is 61.5 cm³/mol. The van der Waals surface area contributed by atoms with Crippen LogP contribution < -0.4 is 0 Å². The van der Waals surface area contributed by atoms with Crippen LogP contribution in [0.5, 0.6) is 0 Å². The third-order valence-corrected chi connectivity index (χ3v) is 2.63. The van der Waals surface area contributed by atoms with Crippen molar-refractivity contribution < 1.29 is 9.53 Å². The van der Waals surface area contributed by atoms with Crippen LogP contribution in [0.4, 0.5) is 0 Å². The molecule has 0 amide bonds. The fourth-order valence-electron chi connectivity index (χ4n) is 1.64. The number of nitrogens with zero attached hydrogens (tertiary/aromatic N) is 1. The number of hydrogen-bond donors (Lipinski definition) is 1. The lowest BCUT2D eigenvalue weighted by molar-refractivity contribution is 0.0596. The van der Waals surface area contributed by atoms with E-state index in [9.17, 15) is 4.79 Å². The van der Waals surface area contributed by atoms with Gasteiger partial charge in [0.2, 0.25) is 0 Å². The molecule has 0 aliphatic rings. The molecule has 0 saturated heterocycles. The summed E-state index contributed by atoms with van der Waals surface area (Å²) in [6.45, 7) is 4.22. The molecule has 0 fully saturated rings. The van der Waals surface area contributed by atoms with Gasteiger partial charge in [-0.3, -0.25) is 5.10 Å². The molecule has 84 valence electrons. The minimum Gasteiger partial charge on any atom is -0.464 e. The molecule has 0 aliphatic heterocycles. The van der Waals surface area contributed by atoms with Crippen molar-refractivity contribution in [1.29, 1.82) is 0 Å². The van der Waals surface area contributed by atoms with Crippen LogP contribution in [0.15, 0.2) is 18.2 Å². The molecule has 4 nitrogen and oxygen atoms in total. The highest BCUT2D eigenvalue weighted by molar-refractivity contribution is 6.02. The van der Waals surface area contributed by atoms with E-state index in [0.29, 0.717) is 11.6 Å². The molecule has 0 aliphatic carbocycles. The monoisotopic (exact) mass is 218 g/mol. The molecule has 1 N–H and O–H groups in total. The number of hydrogen-bond acceptors (Lipinski definition) is 3.